The minimum Gasteiger partial charge on any atom is -0.370 e. The highest BCUT2D eigenvalue weighted by Crippen LogP contribution is 2.28. The Balaban J connectivity index is 3.22. The van der Waals surface area contributed by atoms with E-state index in [2.05, 4.69) is 11.0 Å². The third-order valence-electron chi connectivity index (χ3n) is 3.24. The number of hydrogen-bond donors (Lipinski definition) is 1. The summed E-state index contributed by atoms with van der Waals surface area (Å²) in [7, 11) is 0. The van der Waals surface area contributed by atoms with Crippen molar-refractivity contribution in [1.82, 2.24) is 0 Å². The smallest absolute Gasteiger partial charge is 0.126 e. The van der Waals surface area contributed by atoms with Gasteiger partial charge in [-0.1, -0.05) is 0 Å². The van der Waals surface area contributed by atoms with Crippen molar-refractivity contribution < 1.29 is 4.39 Å². The van der Waals surface area contributed by atoms with Crippen LogP contribution >= 0.6 is 0 Å². The van der Waals surface area contributed by atoms with Crippen LogP contribution in [0.5, 0.6) is 0 Å². The largest absolute Gasteiger partial charge is 0.370 e. The SMILES string of the molecule is CCN(CC(C)C#N)c1cc(C)c(F)cc1[C@@H](C)N. The predicted molar refractivity (Wildman–Crippen MR) is 76.4 cm³/mol. The van der Waals surface area contributed by atoms with Gasteiger partial charge in [-0.25, -0.2) is 4.39 Å². The number of hydrogen-bond acceptors (Lipinski definition) is 3. The van der Waals surface area contributed by atoms with Crippen molar-refractivity contribution in [3.8, 4) is 6.07 Å². The van der Waals surface area contributed by atoms with E-state index >= 15 is 0 Å². The third kappa shape index (κ3) is 3.68. The van der Waals surface area contributed by atoms with Crippen LogP contribution in [0.3, 0.4) is 0 Å². The summed E-state index contributed by atoms with van der Waals surface area (Å²) in [6.45, 7) is 8.87. The summed E-state index contributed by atoms with van der Waals surface area (Å²) in [6.07, 6.45) is 0. The minimum atomic E-state index is -0.239. The van der Waals surface area contributed by atoms with Gasteiger partial charge in [0.1, 0.15) is 5.82 Å². The molecule has 19 heavy (non-hydrogen) atoms. The molecular formula is C15H22FN3. The molecule has 1 unspecified atom stereocenters. The number of anilines is 1. The zero-order valence-electron chi connectivity index (χ0n) is 12.1. The highest BCUT2D eigenvalue weighted by molar-refractivity contribution is 5.57. The Bertz CT molecular complexity index is 477. The second-order valence-electron chi connectivity index (χ2n) is 5.02. The third-order valence-corrected chi connectivity index (χ3v) is 3.24. The molecule has 1 rings (SSSR count). The van der Waals surface area contributed by atoms with Gasteiger partial charge < -0.3 is 10.6 Å². The Hall–Kier alpha value is -1.60. The number of nitriles is 1. The molecule has 0 aromatic heterocycles. The summed E-state index contributed by atoms with van der Waals surface area (Å²) in [5.41, 5.74) is 8.25. The molecule has 0 aliphatic rings. The molecule has 0 aliphatic heterocycles. The number of halogens is 1. The van der Waals surface area contributed by atoms with E-state index in [1.54, 1.807) is 6.92 Å². The molecular weight excluding hydrogens is 241 g/mol. The number of nitrogens with two attached hydrogens (primary N) is 1. The molecule has 4 heteroatoms. The first-order chi connectivity index (χ1) is 8.90. The summed E-state index contributed by atoms with van der Waals surface area (Å²) >= 11 is 0. The van der Waals surface area contributed by atoms with Gasteiger partial charge in [-0.05, 0) is 51.0 Å². The molecule has 0 radical (unpaired) electrons. The van der Waals surface area contributed by atoms with E-state index in [0.717, 1.165) is 17.8 Å². The molecule has 0 saturated heterocycles. The fourth-order valence-electron chi connectivity index (χ4n) is 2.09. The minimum absolute atomic E-state index is 0.0776. The van der Waals surface area contributed by atoms with Gasteiger partial charge in [0.2, 0.25) is 0 Å². The van der Waals surface area contributed by atoms with Crippen LogP contribution in [0.1, 0.15) is 37.9 Å². The van der Waals surface area contributed by atoms with E-state index in [1.807, 2.05) is 26.8 Å². The average Bonchev–Trinajstić information content (AvgIpc) is 2.38. The molecule has 3 nitrogen and oxygen atoms in total. The van der Waals surface area contributed by atoms with E-state index in [4.69, 9.17) is 11.0 Å². The highest BCUT2D eigenvalue weighted by Gasteiger charge is 2.17. The average molecular weight is 263 g/mol. The summed E-state index contributed by atoms with van der Waals surface area (Å²) < 4.78 is 13.7. The van der Waals surface area contributed by atoms with Crippen LogP contribution in [-0.2, 0) is 0 Å². The lowest BCUT2D eigenvalue weighted by Crippen LogP contribution is -2.29. The van der Waals surface area contributed by atoms with Crippen molar-refractivity contribution in [1.29, 1.82) is 5.26 Å². The number of nitrogens with zero attached hydrogens (tertiary/aromatic N) is 2. The van der Waals surface area contributed by atoms with E-state index in [0.29, 0.717) is 12.1 Å². The molecule has 0 heterocycles. The van der Waals surface area contributed by atoms with Crippen LogP contribution in [0.4, 0.5) is 10.1 Å². The quantitative estimate of drug-likeness (QED) is 0.888. The first-order valence-corrected chi connectivity index (χ1v) is 6.60. The number of aryl methyl sites for hydroxylation is 1. The molecule has 2 N–H and O–H groups in total. The summed E-state index contributed by atoms with van der Waals surface area (Å²) in [5.74, 6) is -0.313. The van der Waals surface area contributed by atoms with Crippen molar-refractivity contribution in [2.45, 2.75) is 33.7 Å². The second-order valence-corrected chi connectivity index (χ2v) is 5.02. The second kappa shape index (κ2) is 6.53. The van der Waals surface area contributed by atoms with Crippen LogP contribution in [0.15, 0.2) is 12.1 Å². The molecule has 1 aromatic carbocycles. The van der Waals surface area contributed by atoms with E-state index in [1.165, 1.54) is 6.07 Å². The zero-order chi connectivity index (χ0) is 14.6. The van der Waals surface area contributed by atoms with Gasteiger partial charge in [-0.15, -0.1) is 0 Å². The van der Waals surface area contributed by atoms with Crippen LogP contribution in [0.2, 0.25) is 0 Å². The molecule has 0 spiro atoms. The monoisotopic (exact) mass is 263 g/mol. The Morgan fingerprint density at radius 1 is 1.42 bits per heavy atom. The van der Waals surface area contributed by atoms with Crippen LogP contribution < -0.4 is 10.6 Å². The van der Waals surface area contributed by atoms with Crippen LogP contribution in [0, 0.1) is 30.0 Å². The predicted octanol–water partition coefficient (Wildman–Crippen LogP) is 3.14. The van der Waals surface area contributed by atoms with Gasteiger partial charge >= 0.3 is 0 Å². The maximum atomic E-state index is 13.7. The van der Waals surface area contributed by atoms with Gasteiger partial charge in [-0.3, -0.25) is 0 Å². The molecule has 1 aromatic rings. The lowest BCUT2D eigenvalue weighted by molar-refractivity contribution is 0.610. The standard InChI is InChI=1S/C15H22FN3/c1-5-19(9-10(2)8-17)15-6-11(3)14(16)7-13(15)12(4)18/h6-7,10,12H,5,9,18H2,1-4H3/t10?,12-/m1/s1. The van der Waals surface area contributed by atoms with Crippen LogP contribution in [0.25, 0.3) is 0 Å². The van der Waals surface area contributed by atoms with Crippen molar-refractivity contribution >= 4 is 5.69 Å². The van der Waals surface area contributed by atoms with Crippen LogP contribution in [-0.4, -0.2) is 13.1 Å². The first-order valence-electron chi connectivity index (χ1n) is 6.60. The molecule has 0 amide bonds. The fourth-order valence-corrected chi connectivity index (χ4v) is 2.09. The normalized spacial score (nSPS) is 13.7. The van der Waals surface area contributed by atoms with Gasteiger partial charge in [0.25, 0.3) is 0 Å². The molecule has 0 saturated carbocycles. The zero-order valence-corrected chi connectivity index (χ0v) is 12.1. The molecule has 2 atom stereocenters. The highest BCUT2D eigenvalue weighted by atomic mass is 19.1. The topological polar surface area (TPSA) is 53.0 Å². The van der Waals surface area contributed by atoms with Gasteiger partial charge in [0, 0.05) is 24.8 Å². The summed E-state index contributed by atoms with van der Waals surface area (Å²) in [4.78, 5) is 2.08. The maximum absolute atomic E-state index is 13.7. The number of benzene rings is 1. The molecule has 0 aliphatic carbocycles. The molecule has 0 bridgehead atoms. The summed E-state index contributed by atoms with van der Waals surface area (Å²) in [5, 5.41) is 8.94. The maximum Gasteiger partial charge on any atom is 0.126 e. The van der Waals surface area contributed by atoms with E-state index in [-0.39, 0.29) is 17.8 Å². The van der Waals surface area contributed by atoms with Gasteiger partial charge in [0.15, 0.2) is 0 Å². The first kappa shape index (κ1) is 15.5. The van der Waals surface area contributed by atoms with Crippen molar-refractivity contribution in [2.75, 3.05) is 18.0 Å². The summed E-state index contributed by atoms with van der Waals surface area (Å²) in [6, 6.07) is 5.32. The van der Waals surface area contributed by atoms with Crippen molar-refractivity contribution in [2.24, 2.45) is 11.7 Å². The molecule has 0 fully saturated rings. The van der Waals surface area contributed by atoms with Gasteiger partial charge in [0.05, 0.1) is 12.0 Å². The Morgan fingerprint density at radius 3 is 2.53 bits per heavy atom. The van der Waals surface area contributed by atoms with Crippen molar-refractivity contribution in [3.05, 3.63) is 29.1 Å². The fraction of sp³-hybridized carbons (Fsp3) is 0.533. The van der Waals surface area contributed by atoms with E-state index < -0.39 is 0 Å². The lowest BCUT2D eigenvalue weighted by Gasteiger charge is -2.28. The lowest BCUT2D eigenvalue weighted by atomic mass is 10.0. The molecule has 104 valence electrons. The van der Waals surface area contributed by atoms with E-state index in [9.17, 15) is 4.39 Å². The number of rotatable bonds is 5. The van der Waals surface area contributed by atoms with Crippen molar-refractivity contribution in [3.63, 3.8) is 0 Å². The Kier molecular flexibility index (Phi) is 5.31. The Morgan fingerprint density at radius 2 is 2.05 bits per heavy atom. The van der Waals surface area contributed by atoms with Gasteiger partial charge in [-0.2, -0.15) is 5.26 Å². The Labute approximate surface area is 114 Å².